The van der Waals surface area contributed by atoms with Gasteiger partial charge in [0.2, 0.25) is 13.8 Å². The predicted octanol–water partition coefficient (Wildman–Crippen LogP) is 1.74. The smallest absolute Gasteiger partial charge is 0.351 e. The number of imide groups is 1. The van der Waals surface area contributed by atoms with E-state index in [0.717, 1.165) is 5.56 Å². The van der Waals surface area contributed by atoms with E-state index in [1.54, 1.807) is 29.2 Å². The van der Waals surface area contributed by atoms with Gasteiger partial charge < -0.3 is 20.9 Å². The summed E-state index contributed by atoms with van der Waals surface area (Å²) in [6.45, 7) is 0.529. The Balaban J connectivity index is 1.58. The SMILES string of the molecule is BC(=O)NC(=O)CCCN1Cc2cc(CNC(=O)C(F)(F)c3ccccc3NC)ccc2C1=O. The van der Waals surface area contributed by atoms with Crippen LogP contribution in [-0.4, -0.2) is 49.9 Å². The van der Waals surface area contributed by atoms with Gasteiger partial charge in [0.25, 0.3) is 11.8 Å². The van der Waals surface area contributed by atoms with Crippen LogP contribution in [0.25, 0.3) is 0 Å². The number of nitrogens with one attached hydrogen (secondary N) is 3. The minimum Gasteiger partial charge on any atom is -0.388 e. The first-order valence-electron chi connectivity index (χ1n) is 10.8. The molecule has 0 aliphatic carbocycles. The standard InChI is InChI=1S/C23H25BF2N4O4/c1-27-18-6-3-2-5-17(18)23(25,26)21(33)28-12-14-8-9-16-15(11-14)13-30(20(16)32)10-4-7-19(31)29-22(24)34/h2-3,5-6,8-9,11,27H,4,7,10,12-13,24H2,1H3,(H,28,33)(H,29,31,34). The third kappa shape index (κ3) is 5.59. The number of anilines is 1. The minimum atomic E-state index is -3.72. The number of amides is 4. The van der Waals surface area contributed by atoms with Gasteiger partial charge in [-0.05, 0) is 29.7 Å². The van der Waals surface area contributed by atoms with E-state index >= 15 is 0 Å². The average Bonchev–Trinajstić information content (AvgIpc) is 3.11. The van der Waals surface area contributed by atoms with Gasteiger partial charge in [0.1, 0.15) is 0 Å². The van der Waals surface area contributed by atoms with E-state index in [1.807, 2.05) is 0 Å². The van der Waals surface area contributed by atoms with E-state index in [-0.39, 0.29) is 24.6 Å². The van der Waals surface area contributed by atoms with E-state index < -0.39 is 29.1 Å². The highest BCUT2D eigenvalue weighted by Crippen LogP contribution is 2.33. The van der Waals surface area contributed by atoms with Crippen LogP contribution in [0.3, 0.4) is 0 Å². The molecule has 0 saturated heterocycles. The van der Waals surface area contributed by atoms with Crippen LogP contribution in [0.5, 0.6) is 0 Å². The van der Waals surface area contributed by atoms with Crippen LogP contribution >= 0.6 is 0 Å². The Morgan fingerprint density at radius 2 is 1.88 bits per heavy atom. The molecule has 11 heteroatoms. The molecular formula is C23H25BF2N4O4. The van der Waals surface area contributed by atoms with Gasteiger partial charge in [-0.3, -0.25) is 19.2 Å². The Bertz CT molecular complexity index is 1130. The number of hydrogen-bond acceptors (Lipinski definition) is 5. The van der Waals surface area contributed by atoms with Gasteiger partial charge in [-0.15, -0.1) is 0 Å². The number of halogens is 2. The second kappa shape index (κ2) is 10.5. The maximum absolute atomic E-state index is 14.7. The van der Waals surface area contributed by atoms with Gasteiger partial charge >= 0.3 is 5.92 Å². The fraction of sp³-hybridized carbons (Fsp3) is 0.304. The summed E-state index contributed by atoms with van der Waals surface area (Å²) in [6.07, 6.45) is 0.507. The fourth-order valence-electron chi connectivity index (χ4n) is 3.80. The molecule has 0 fully saturated rings. The molecule has 1 aliphatic heterocycles. The summed E-state index contributed by atoms with van der Waals surface area (Å²) in [5.74, 6) is -6.16. The van der Waals surface area contributed by atoms with Crippen molar-refractivity contribution in [3.63, 3.8) is 0 Å². The molecule has 0 spiro atoms. The zero-order valence-corrected chi connectivity index (χ0v) is 18.9. The van der Waals surface area contributed by atoms with Gasteiger partial charge in [-0.2, -0.15) is 8.78 Å². The molecule has 0 saturated carbocycles. The molecular weight excluding hydrogens is 445 g/mol. The number of carbonyl (C=O) groups is 4. The first-order valence-corrected chi connectivity index (χ1v) is 10.8. The molecule has 0 unspecified atom stereocenters. The van der Waals surface area contributed by atoms with Gasteiger partial charge in [0.05, 0.1) is 5.56 Å². The van der Waals surface area contributed by atoms with Crippen LogP contribution in [0.1, 0.15) is 39.9 Å². The fourth-order valence-corrected chi connectivity index (χ4v) is 3.80. The lowest BCUT2D eigenvalue weighted by Crippen LogP contribution is -2.38. The van der Waals surface area contributed by atoms with Crippen molar-refractivity contribution in [2.75, 3.05) is 18.9 Å². The van der Waals surface area contributed by atoms with Gasteiger partial charge in [0.15, 0.2) is 5.81 Å². The minimum absolute atomic E-state index is 0.113. The molecule has 4 amide bonds. The highest BCUT2D eigenvalue weighted by molar-refractivity contribution is 6.58. The van der Waals surface area contributed by atoms with Crippen molar-refractivity contribution in [1.29, 1.82) is 0 Å². The van der Waals surface area contributed by atoms with Crippen molar-refractivity contribution in [3.8, 4) is 0 Å². The maximum Gasteiger partial charge on any atom is 0.351 e. The quantitative estimate of drug-likeness (QED) is 0.484. The predicted molar refractivity (Wildman–Crippen MR) is 124 cm³/mol. The average molecular weight is 470 g/mol. The number of fused-ring (bicyclic) bond motifs is 1. The van der Waals surface area contributed by atoms with E-state index in [1.165, 1.54) is 33.1 Å². The number of hydrogen-bond donors (Lipinski definition) is 3. The normalized spacial score (nSPS) is 12.8. The summed E-state index contributed by atoms with van der Waals surface area (Å²) in [5, 5.41) is 7.12. The van der Waals surface area contributed by atoms with Crippen LogP contribution in [0.15, 0.2) is 42.5 Å². The number of nitrogens with zero attached hydrogens (tertiary/aromatic N) is 1. The molecule has 0 aromatic heterocycles. The van der Waals surface area contributed by atoms with Crippen molar-refractivity contribution in [3.05, 3.63) is 64.7 Å². The molecule has 178 valence electrons. The molecule has 3 N–H and O–H groups in total. The van der Waals surface area contributed by atoms with Crippen molar-refractivity contribution in [2.45, 2.75) is 31.9 Å². The third-order valence-electron chi connectivity index (χ3n) is 5.47. The Labute approximate surface area is 196 Å². The van der Waals surface area contributed by atoms with Crippen LogP contribution < -0.4 is 16.0 Å². The Kier molecular flexibility index (Phi) is 7.65. The van der Waals surface area contributed by atoms with E-state index in [4.69, 9.17) is 0 Å². The summed E-state index contributed by atoms with van der Waals surface area (Å²) in [5.41, 5.74) is 1.55. The van der Waals surface area contributed by atoms with Crippen molar-refractivity contribution < 1.29 is 28.0 Å². The largest absolute Gasteiger partial charge is 0.388 e. The summed E-state index contributed by atoms with van der Waals surface area (Å²) in [4.78, 5) is 48.9. The molecule has 0 radical (unpaired) electrons. The van der Waals surface area contributed by atoms with Gasteiger partial charge in [-0.1, -0.05) is 30.3 Å². The zero-order valence-electron chi connectivity index (χ0n) is 18.9. The highest BCUT2D eigenvalue weighted by Gasteiger charge is 2.42. The van der Waals surface area contributed by atoms with E-state index in [0.29, 0.717) is 30.6 Å². The molecule has 34 heavy (non-hydrogen) atoms. The number of benzene rings is 2. The topological polar surface area (TPSA) is 108 Å². The number of rotatable bonds is 9. The molecule has 1 heterocycles. The molecule has 2 aromatic carbocycles. The Morgan fingerprint density at radius 1 is 1.15 bits per heavy atom. The third-order valence-corrected chi connectivity index (χ3v) is 5.47. The van der Waals surface area contributed by atoms with Crippen LogP contribution in [0.2, 0.25) is 0 Å². The second-order valence-corrected chi connectivity index (χ2v) is 7.98. The van der Waals surface area contributed by atoms with Crippen LogP contribution in [0.4, 0.5) is 19.3 Å². The molecule has 0 bridgehead atoms. The summed E-state index contributed by atoms with van der Waals surface area (Å²) in [7, 11) is 2.75. The van der Waals surface area contributed by atoms with Crippen molar-refractivity contribution in [1.82, 2.24) is 15.5 Å². The maximum atomic E-state index is 14.7. The Hall–Kier alpha value is -3.76. The van der Waals surface area contributed by atoms with Gasteiger partial charge in [0, 0.05) is 44.4 Å². The summed E-state index contributed by atoms with van der Waals surface area (Å²) in [6, 6.07) is 10.6. The molecule has 3 rings (SSSR count). The zero-order chi connectivity index (χ0) is 24.9. The Morgan fingerprint density at radius 3 is 2.59 bits per heavy atom. The highest BCUT2D eigenvalue weighted by atomic mass is 19.3. The molecule has 2 aromatic rings. The number of alkyl halides is 2. The van der Waals surface area contributed by atoms with Gasteiger partial charge in [-0.25, -0.2) is 0 Å². The van der Waals surface area contributed by atoms with E-state index in [2.05, 4.69) is 16.0 Å². The first-order chi connectivity index (χ1) is 16.1. The van der Waals surface area contributed by atoms with Crippen molar-refractivity contribution in [2.24, 2.45) is 0 Å². The number of carbonyl (C=O) groups excluding carboxylic acids is 4. The first kappa shape index (κ1) is 24.9. The lowest BCUT2D eigenvalue weighted by Gasteiger charge is -2.19. The summed E-state index contributed by atoms with van der Waals surface area (Å²) < 4.78 is 29.4. The van der Waals surface area contributed by atoms with Crippen LogP contribution in [-0.2, 0) is 28.6 Å². The van der Waals surface area contributed by atoms with E-state index in [9.17, 15) is 28.0 Å². The lowest BCUT2D eigenvalue weighted by atomic mass is 10.0. The lowest BCUT2D eigenvalue weighted by molar-refractivity contribution is -0.147. The molecule has 8 nitrogen and oxygen atoms in total. The molecule has 1 aliphatic rings. The monoisotopic (exact) mass is 470 g/mol. The molecule has 0 atom stereocenters. The van der Waals surface area contributed by atoms with Crippen molar-refractivity contribution >= 4 is 37.1 Å². The van der Waals surface area contributed by atoms with Crippen LogP contribution in [0, 0.1) is 0 Å². The number of para-hydroxylation sites is 1. The summed E-state index contributed by atoms with van der Waals surface area (Å²) >= 11 is 0. The second-order valence-electron chi connectivity index (χ2n) is 7.98.